The highest BCUT2D eigenvalue weighted by molar-refractivity contribution is 6.01. The number of aromatic nitrogens is 1. The van der Waals surface area contributed by atoms with Gasteiger partial charge in [0, 0.05) is 11.8 Å². The molecule has 0 saturated heterocycles. The van der Waals surface area contributed by atoms with Crippen molar-refractivity contribution >= 4 is 5.57 Å². The van der Waals surface area contributed by atoms with Crippen LogP contribution in [0, 0.1) is 5.92 Å². The van der Waals surface area contributed by atoms with Gasteiger partial charge in [-0.3, -0.25) is 4.98 Å². The minimum atomic E-state index is -0.407. The second-order valence-corrected chi connectivity index (χ2v) is 9.07. The summed E-state index contributed by atoms with van der Waals surface area (Å²) < 4.78 is 0. The van der Waals surface area contributed by atoms with Crippen LogP contribution in [-0.2, 0) is 5.41 Å². The summed E-state index contributed by atoms with van der Waals surface area (Å²) in [6.45, 7) is 11.1. The molecule has 1 heteroatoms. The van der Waals surface area contributed by atoms with Gasteiger partial charge in [-0.2, -0.15) is 0 Å². The molecule has 0 saturated carbocycles. The fourth-order valence-electron chi connectivity index (χ4n) is 6.15. The van der Waals surface area contributed by atoms with Crippen molar-refractivity contribution in [3.05, 3.63) is 131 Å². The molecule has 2 aliphatic carbocycles. The van der Waals surface area contributed by atoms with Gasteiger partial charge in [0.25, 0.3) is 0 Å². The van der Waals surface area contributed by atoms with Gasteiger partial charge in [0.05, 0.1) is 11.1 Å². The summed E-state index contributed by atoms with van der Waals surface area (Å²) >= 11 is 0. The molecule has 1 aromatic heterocycles. The SMILES string of the molecule is C=CC1=C(/C=C\C)C(C(C)CCC)=C(c2ccccn2)C12c1ccccc1-c1ccccc12. The highest BCUT2D eigenvalue weighted by Gasteiger charge is 2.54. The summed E-state index contributed by atoms with van der Waals surface area (Å²) in [4.78, 5) is 4.94. The maximum Gasteiger partial charge on any atom is 0.0743 e. The first kappa shape index (κ1) is 21.4. The molecule has 0 radical (unpaired) electrons. The lowest BCUT2D eigenvalue weighted by molar-refractivity contribution is 0.610. The molecular weight excluding hydrogens is 398 g/mol. The molecule has 33 heavy (non-hydrogen) atoms. The Kier molecular flexibility index (Phi) is 5.50. The molecule has 1 heterocycles. The van der Waals surface area contributed by atoms with Crippen LogP contribution in [0.2, 0.25) is 0 Å². The Morgan fingerprint density at radius 3 is 2.12 bits per heavy atom. The van der Waals surface area contributed by atoms with Gasteiger partial charge in [-0.05, 0) is 70.4 Å². The summed E-state index contributed by atoms with van der Waals surface area (Å²) in [6, 6.07) is 24.1. The Hall–Kier alpha value is -3.45. The van der Waals surface area contributed by atoms with Crippen molar-refractivity contribution in [2.75, 3.05) is 0 Å². The summed E-state index contributed by atoms with van der Waals surface area (Å²) in [7, 11) is 0. The smallest absolute Gasteiger partial charge is 0.0743 e. The lowest BCUT2D eigenvalue weighted by Gasteiger charge is -2.34. The highest BCUT2D eigenvalue weighted by atomic mass is 14.7. The topological polar surface area (TPSA) is 12.9 Å². The van der Waals surface area contributed by atoms with E-state index >= 15 is 0 Å². The first-order valence-corrected chi connectivity index (χ1v) is 12.1. The van der Waals surface area contributed by atoms with Gasteiger partial charge < -0.3 is 0 Å². The molecule has 1 spiro atoms. The van der Waals surface area contributed by atoms with Crippen LogP contribution in [0.5, 0.6) is 0 Å². The van der Waals surface area contributed by atoms with Gasteiger partial charge in [0.2, 0.25) is 0 Å². The zero-order valence-corrected chi connectivity index (χ0v) is 19.8. The van der Waals surface area contributed by atoms with Crippen LogP contribution in [0.15, 0.2) is 114 Å². The third-order valence-electron chi connectivity index (χ3n) is 7.25. The molecule has 0 amide bonds. The molecule has 5 rings (SSSR count). The van der Waals surface area contributed by atoms with Gasteiger partial charge in [-0.1, -0.05) is 99.7 Å². The third kappa shape index (κ3) is 2.95. The van der Waals surface area contributed by atoms with E-state index in [0.29, 0.717) is 5.92 Å². The first-order valence-electron chi connectivity index (χ1n) is 12.1. The highest BCUT2D eigenvalue weighted by Crippen LogP contribution is 2.64. The van der Waals surface area contributed by atoms with Gasteiger partial charge in [0.1, 0.15) is 0 Å². The summed E-state index contributed by atoms with van der Waals surface area (Å²) in [5, 5.41) is 0. The zero-order valence-electron chi connectivity index (χ0n) is 19.8. The van der Waals surface area contributed by atoms with E-state index in [1.807, 2.05) is 12.3 Å². The van der Waals surface area contributed by atoms with Gasteiger partial charge >= 0.3 is 0 Å². The number of nitrogens with zero attached hydrogens (tertiary/aromatic N) is 1. The average molecular weight is 430 g/mol. The van der Waals surface area contributed by atoms with Crippen LogP contribution in [0.25, 0.3) is 16.7 Å². The first-order chi connectivity index (χ1) is 16.2. The Balaban J connectivity index is 2.01. The average Bonchev–Trinajstić information content (AvgIpc) is 3.31. The molecule has 2 aromatic carbocycles. The molecule has 0 N–H and O–H groups in total. The molecule has 3 aromatic rings. The summed E-state index contributed by atoms with van der Waals surface area (Å²) in [6.07, 6.45) is 10.8. The number of pyridine rings is 1. The molecule has 1 unspecified atom stereocenters. The van der Waals surface area contributed by atoms with Crippen LogP contribution in [0.4, 0.5) is 0 Å². The number of hydrogen-bond acceptors (Lipinski definition) is 1. The van der Waals surface area contributed by atoms with Crippen LogP contribution in [0.1, 0.15) is 50.4 Å². The maximum atomic E-state index is 4.94. The van der Waals surface area contributed by atoms with E-state index in [1.165, 1.54) is 44.5 Å². The standard InChI is InChI=1S/C32H31N/c1-5-14-22(4)30-25(15-6-2)26(7-3)32(31(30)29-20-12-13-21-33-29)27-18-10-8-16-23(27)24-17-9-11-19-28(24)32/h6-13,15-22H,3,5,14H2,1-2,4H3/b15-6-. The van der Waals surface area contributed by atoms with E-state index in [2.05, 4.69) is 106 Å². The minimum Gasteiger partial charge on any atom is -0.257 e. The molecule has 0 bridgehead atoms. The fraction of sp³-hybridized carbons (Fsp3) is 0.219. The fourth-order valence-corrected chi connectivity index (χ4v) is 6.15. The molecule has 1 atom stereocenters. The molecule has 1 nitrogen and oxygen atoms in total. The quantitative estimate of drug-likeness (QED) is 0.384. The van der Waals surface area contributed by atoms with Crippen LogP contribution < -0.4 is 0 Å². The van der Waals surface area contributed by atoms with Crippen molar-refractivity contribution in [3.8, 4) is 11.1 Å². The van der Waals surface area contributed by atoms with E-state index in [1.54, 1.807) is 0 Å². The van der Waals surface area contributed by atoms with Crippen molar-refractivity contribution in [2.45, 2.75) is 39.0 Å². The summed E-state index contributed by atoms with van der Waals surface area (Å²) in [5.41, 5.74) is 11.3. The Bertz CT molecular complexity index is 1260. The maximum absolute atomic E-state index is 4.94. The molecule has 164 valence electrons. The van der Waals surface area contributed by atoms with Gasteiger partial charge in [-0.15, -0.1) is 0 Å². The predicted molar refractivity (Wildman–Crippen MR) is 140 cm³/mol. The second-order valence-electron chi connectivity index (χ2n) is 9.07. The summed E-state index contributed by atoms with van der Waals surface area (Å²) in [5.74, 6) is 0.410. The monoisotopic (exact) mass is 429 g/mol. The van der Waals surface area contributed by atoms with E-state index < -0.39 is 5.41 Å². The second kappa shape index (κ2) is 8.48. The third-order valence-corrected chi connectivity index (χ3v) is 7.25. The van der Waals surface area contributed by atoms with Crippen molar-refractivity contribution in [1.29, 1.82) is 0 Å². The molecule has 0 fully saturated rings. The number of rotatable bonds is 6. The Labute approximate surface area is 197 Å². The van der Waals surface area contributed by atoms with E-state index in [0.717, 1.165) is 18.5 Å². The van der Waals surface area contributed by atoms with Crippen molar-refractivity contribution < 1.29 is 0 Å². The predicted octanol–water partition coefficient (Wildman–Crippen LogP) is 8.31. The largest absolute Gasteiger partial charge is 0.257 e. The van der Waals surface area contributed by atoms with E-state index in [4.69, 9.17) is 4.98 Å². The van der Waals surface area contributed by atoms with E-state index in [-0.39, 0.29) is 0 Å². The van der Waals surface area contributed by atoms with Crippen molar-refractivity contribution in [3.63, 3.8) is 0 Å². The van der Waals surface area contributed by atoms with Crippen molar-refractivity contribution in [2.24, 2.45) is 5.92 Å². The Morgan fingerprint density at radius 2 is 1.58 bits per heavy atom. The lowest BCUT2D eigenvalue weighted by Crippen LogP contribution is -2.28. The number of benzene rings is 2. The van der Waals surface area contributed by atoms with Crippen LogP contribution >= 0.6 is 0 Å². The van der Waals surface area contributed by atoms with Crippen molar-refractivity contribution in [1.82, 2.24) is 4.98 Å². The normalized spacial score (nSPS) is 17.1. The van der Waals surface area contributed by atoms with E-state index in [9.17, 15) is 0 Å². The van der Waals surface area contributed by atoms with Crippen LogP contribution in [-0.4, -0.2) is 4.98 Å². The van der Waals surface area contributed by atoms with Gasteiger partial charge in [0.15, 0.2) is 0 Å². The molecular formula is C32H31N. The van der Waals surface area contributed by atoms with Crippen LogP contribution in [0.3, 0.4) is 0 Å². The van der Waals surface area contributed by atoms with Gasteiger partial charge in [-0.25, -0.2) is 0 Å². The Morgan fingerprint density at radius 1 is 0.939 bits per heavy atom. The number of hydrogen-bond donors (Lipinski definition) is 0. The number of fused-ring (bicyclic) bond motifs is 5. The zero-order chi connectivity index (χ0) is 23.0. The minimum absolute atomic E-state index is 0.407. The molecule has 2 aliphatic rings. The number of allylic oxidation sites excluding steroid dienone is 7. The lowest BCUT2D eigenvalue weighted by atomic mass is 9.67. The molecule has 0 aliphatic heterocycles.